The summed E-state index contributed by atoms with van der Waals surface area (Å²) in [6.07, 6.45) is 3.03. The van der Waals surface area contributed by atoms with Gasteiger partial charge in [-0.2, -0.15) is 10.6 Å². The van der Waals surface area contributed by atoms with Crippen LogP contribution in [0.25, 0.3) is 0 Å². The monoisotopic (exact) mass is 322 g/mol. The average molecular weight is 323 g/mol. The van der Waals surface area contributed by atoms with Crippen molar-refractivity contribution in [1.82, 2.24) is 20.2 Å². The second-order valence-electron chi connectivity index (χ2n) is 6.52. The standard InChI is InChI=1S/C15H19ClN4O2/c1-14(2,3)15(21)13(20-9-17-8-18-20)12(19-22-15)10-4-6-11(16)7-5-10/h4-9,12-13,19,21H,1-3H3. The highest BCUT2D eigenvalue weighted by atomic mass is 35.5. The van der Waals surface area contributed by atoms with Crippen LogP contribution in [0, 0.1) is 5.41 Å². The van der Waals surface area contributed by atoms with E-state index in [0.717, 1.165) is 5.56 Å². The van der Waals surface area contributed by atoms with Gasteiger partial charge in [0.2, 0.25) is 5.79 Å². The van der Waals surface area contributed by atoms with Crippen molar-refractivity contribution in [3.05, 3.63) is 47.5 Å². The van der Waals surface area contributed by atoms with Gasteiger partial charge in [-0.25, -0.2) is 9.67 Å². The van der Waals surface area contributed by atoms with Crippen molar-refractivity contribution in [2.45, 2.75) is 38.6 Å². The minimum atomic E-state index is -1.44. The van der Waals surface area contributed by atoms with Gasteiger partial charge in [0.25, 0.3) is 0 Å². The normalized spacial score (nSPS) is 29.0. The van der Waals surface area contributed by atoms with Gasteiger partial charge in [-0.1, -0.05) is 44.5 Å². The molecule has 3 atom stereocenters. The van der Waals surface area contributed by atoms with Gasteiger partial charge in [0, 0.05) is 10.4 Å². The van der Waals surface area contributed by atoms with Crippen molar-refractivity contribution in [3.8, 4) is 0 Å². The van der Waals surface area contributed by atoms with E-state index in [1.54, 1.807) is 11.0 Å². The maximum absolute atomic E-state index is 11.1. The van der Waals surface area contributed by atoms with Crippen molar-refractivity contribution < 1.29 is 9.94 Å². The zero-order valence-corrected chi connectivity index (χ0v) is 13.4. The lowest BCUT2D eigenvalue weighted by Gasteiger charge is -2.39. The second kappa shape index (κ2) is 5.31. The summed E-state index contributed by atoms with van der Waals surface area (Å²) in [5.74, 6) is -1.44. The van der Waals surface area contributed by atoms with Crippen LogP contribution in [0.3, 0.4) is 0 Å². The Bertz CT molecular complexity index is 639. The molecule has 2 aromatic rings. The van der Waals surface area contributed by atoms with Gasteiger partial charge in [-0.3, -0.25) is 4.84 Å². The third kappa shape index (κ3) is 2.42. The molecule has 3 rings (SSSR count). The molecule has 3 unspecified atom stereocenters. The van der Waals surface area contributed by atoms with Gasteiger partial charge in [0.05, 0.1) is 6.04 Å². The highest BCUT2D eigenvalue weighted by molar-refractivity contribution is 6.30. The number of benzene rings is 1. The van der Waals surface area contributed by atoms with E-state index in [4.69, 9.17) is 16.4 Å². The molecule has 1 fully saturated rings. The molecule has 0 spiro atoms. The van der Waals surface area contributed by atoms with Crippen LogP contribution in [0.5, 0.6) is 0 Å². The molecule has 7 heteroatoms. The second-order valence-corrected chi connectivity index (χ2v) is 6.95. The molecule has 1 saturated heterocycles. The minimum Gasteiger partial charge on any atom is -0.362 e. The Kier molecular flexibility index (Phi) is 3.72. The number of nitrogens with one attached hydrogen (secondary N) is 1. The molecule has 1 aromatic heterocycles. The van der Waals surface area contributed by atoms with Gasteiger partial charge in [-0.05, 0) is 17.7 Å². The SMILES string of the molecule is CC(C)(C)C1(O)ONC(c2ccc(Cl)cc2)C1n1cncn1. The van der Waals surface area contributed by atoms with E-state index in [1.807, 2.05) is 45.0 Å². The van der Waals surface area contributed by atoms with Crippen LogP contribution in [0.4, 0.5) is 0 Å². The molecule has 1 aromatic carbocycles. The fourth-order valence-corrected chi connectivity index (χ4v) is 2.84. The van der Waals surface area contributed by atoms with Crippen molar-refractivity contribution in [2.24, 2.45) is 5.41 Å². The summed E-state index contributed by atoms with van der Waals surface area (Å²) >= 11 is 5.95. The fraction of sp³-hybridized carbons (Fsp3) is 0.467. The van der Waals surface area contributed by atoms with Crippen molar-refractivity contribution in [2.75, 3.05) is 0 Å². The number of halogens is 1. The fourth-order valence-electron chi connectivity index (χ4n) is 2.71. The van der Waals surface area contributed by atoms with Gasteiger partial charge in [0.1, 0.15) is 18.7 Å². The molecule has 22 heavy (non-hydrogen) atoms. The van der Waals surface area contributed by atoms with E-state index in [-0.39, 0.29) is 6.04 Å². The minimum absolute atomic E-state index is 0.275. The molecular weight excluding hydrogens is 304 g/mol. The number of nitrogens with zero attached hydrogens (tertiary/aromatic N) is 3. The Morgan fingerprint density at radius 1 is 1.32 bits per heavy atom. The van der Waals surface area contributed by atoms with Gasteiger partial charge in [0.15, 0.2) is 0 Å². The molecule has 2 heterocycles. The van der Waals surface area contributed by atoms with E-state index in [2.05, 4.69) is 15.6 Å². The Hall–Kier alpha value is -1.47. The Morgan fingerprint density at radius 3 is 2.55 bits per heavy atom. The molecule has 6 nitrogen and oxygen atoms in total. The lowest BCUT2D eigenvalue weighted by atomic mass is 9.78. The largest absolute Gasteiger partial charge is 0.362 e. The predicted molar refractivity (Wildman–Crippen MR) is 81.9 cm³/mol. The first kappa shape index (κ1) is 15.4. The number of hydrogen-bond donors (Lipinski definition) is 2. The van der Waals surface area contributed by atoms with Gasteiger partial charge in [-0.15, -0.1) is 0 Å². The molecule has 118 valence electrons. The first-order valence-electron chi connectivity index (χ1n) is 7.08. The van der Waals surface area contributed by atoms with E-state index in [0.29, 0.717) is 5.02 Å². The van der Waals surface area contributed by atoms with Gasteiger partial charge < -0.3 is 5.11 Å². The van der Waals surface area contributed by atoms with E-state index < -0.39 is 17.2 Å². The molecule has 0 bridgehead atoms. The third-order valence-corrected chi connectivity index (χ3v) is 4.34. The zero-order chi connectivity index (χ0) is 16.0. The lowest BCUT2D eigenvalue weighted by Crippen LogP contribution is -2.49. The number of aromatic nitrogens is 3. The summed E-state index contributed by atoms with van der Waals surface area (Å²) in [5.41, 5.74) is 3.37. The molecule has 1 aliphatic rings. The zero-order valence-electron chi connectivity index (χ0n) is 12.7. The summed E-state index contributed by atoms with van der Waals surface area (Å²) in [7, 11) is 0. The van der Waals surface area contributed by atoms with E-state index in [1.165, 1.54) is 6.33 Å². The molecular formula is C15H19ClN4O2. The quantitative estimate of drug-likeness (QED) is 0.888. The number of hydroxylamine groups is 1. The van der Waals surface area contributed by atoms with E-state index in [9.17, 15) is 5.11 Å². The summed E-state index contributed by atoms with van der Waals surface area (Å²) in [5, 5.41) is 16.0. The summed E-state index contributed by atoms with van der Waals surface area (Å²) in [6.45, 7) is 5.76. The predicted octanol–water partition coefficient (Wildman–Crippen LogP) is 2.48. The number of hydrogen-bond acceptors (Lipinski definition) is 5. The van der Waals surface area contributed by atoms with Crippen molar-refractivity contribution in [3.63, 3.8) is 0 Å². The Balaban J connectivity index is 2.06. The molecule has 1 aliphatic heterocycles. The highest BCUT2D eigenvalue weighted by Gasteiger charge is 2.58. The van der Waals surface area contributed by atoms with Crippen LogP contribution in [0.2, 0.25) is 5.02 Å². The molecule has 2 N–H and O–H groups in total. The number of rotatable bonds is 2. The molecule has 0 amide bonds. The van der Waals surface area contributed by atoms with Crippen LogP contribution >= 0.6 is 11.6 Å². The van der Waals surface area contributed by atoms with Crippen LogP contribution < -0.4 is 5.48 Å². The Labute approximate surface area is 134 Å². The molecule has 0 saturated carbocycles. The third-order valence-electron chi connectivity index (χ3n) is 4.08. The Morgan fingerprint density at radius 2 is 2.00 bits per heavy atom. The smallest absolute Gasteiger partial charge is 0.214 e. The summed E-state index contributed by atoms with van der Waals surface area (Å²) in [6, 6.07) is 6.69. The first-order valence-corrected chi connectivity index (χ1v) is 7.46. The highest BCUT2D eigenvalue weighted by Crippen LogP contribution is 2.49. The molecule has 0 aliphatic carbocycles. The average Bonchev–Trinajstić information content (AvgIpc) is 3.06. The number of aliphatic hydroxyl groups is 1. The van der Waals surface area contributed by atoms with Crippen LogP contribution in [-0.4, -0.2) is 25.7 Å². The van der Waals surface area contributed by atoms with Crippen molar-refractivity contribution >= 4 is 11.6 Å². The van der Waals surface area contributed by atoms with Crippen LogP contribution in [-0.2, 0) is 4.84 Å². The summed E-state index contributed by atoms with van der Waals surface area (Å²) in [4.78, 5) is 9.62. The van der Waals surface area contributed by atoms with Crippen LogP contribution in [0.1, 0.15) is 38.4 Å². The van der Waals surface area contributed by atoms with Crippen LogP contribution in [0.15, 0.2) is 36.9 Å². The van der Waals surface area contributed by atoms with Gasteiger partial charge >= 0.3 is 0 Å². The van der Waals surface area contributed by atoms with Crippen molar-refractivity contribution in [1.29, 1.82) is 0 Å². The van der Waals surface area contributed by atoms with E-state index >= 15 is 0 Å². The lowest BCUT2D eigenvalue weighted by molar-refractivity contribution is -0.272. The first-order chi connectivity index (χ1) is 10.3. The topological polar surface area (TPSA) is 72.2 Å². The molecule has 0 radical (unpaired) electrons. The maximum atomic E-state index is 11.1. The maximum Gasteiger partial charge on any atom is 0.214 e. The summed E-state index contributed by atoms with van der Waals surface area (Å²) < 4.78 is 1.63.